The van der Waals surface area contributed by atoms with Gasteiger partial charge >= 0.3 is 5.97 Å². The third kappa shape index (κ3) is 3.47. The van der Waals surface area contributed by atoms with E-state index in [1.807, 2.05) is 0 Å². The number of carbonyl (C=O) groups is 4. The third-order valence-corrected chi connectivity index (χ3v) is 4.48. The fourth-order valence-corrected chi connectivity index (χ4v) is 3.27. The topological polar surface area (TPSA) is 107 Å². The average molecular weight is 345 g/mol. The Morgan fingerprint density at radius 2 is 1.88 bits per heavy atom. The fraction of sp³-hybridized carbons (Fsp3) is 0.412. The summed E-state index contributed by atoms with van der Waals surface area (Å²) in [5, 5.41) is 11.8. The second-order valence-corrected chi connectivity index (χ2v) is 6.13. The summed E-state index contributed by atoms with van der Waals surface area (Å²) >= 11 is 0. The predicted octanol–water partition coefficient (Wildman–Crippen LogP) is 0.827. The van der Waals surface area contributed by atoms with E-state index < -0.39 is 12.0 Å². The number of benzene rings is 1. The smallest absolute Gasteiger partial charge is 0.326 e. The van der Waals surface area contributed by atoms with Crippen molar-refractivity contribution in [1.82, 2.24) is 4.90 Å². The number of hydrogen-bond acceptors (Lipinski definition) is 4. The highest BCUT2D eigenvalue weighted by molar-refractivity contribution is 6.10. The number of rotatable bonds is 4. The number of carboxylic acid groups (broad SMARTS) is 1. The molecule has 0 saturated carbocycles. The van der Waals surface area contributed by atoms with Gasteiger partial charge in [-0.15, -0.1) is 0 Å². The molecule has 1 aromatic carbocycles. The first kappa shape index (κ1) is 16.9. The number of para-hydroxylation sites is 2. The largest absolute Gasteiger partial charge is 0.480 e. The number of nitrogens with zero attached hydrogens (tertiary/aromatic N) is 2. The van der Waals surface area contributed by atoms with E-state index in [-0.39, 0.29) is 37.1 Å². The van der Waals surface area contributed by atoms with E-state index >= 15 is 0 Å². The van der Waals surface area contributed by atoms with Crippen LogP contribution in [0.5, 0.6) is 0 Å². The number of carbonyl (C=O) groups excluding carboxylic acids is 3. The second-order valence-electron chi connectivity index (χ2n) is 6.13. The van der Waals surface area contributed by atoms with Gasteiger partial charge in [0, 0.05) is 19.4 Å². The van der Waals surface area contributed by atoms with Gasteiger partial charge in [0.15, 0.2) is 0 Å². The maximum atomic E-state index is 12.5. The predicted molar refractivity (Wildman–Crippen MR) is 89.0 cm³/mol. The van der Waals surface area contributed by atoms with Gasteiger partial charge in [0.25, 0.3) is 0 Å². The van der Waals surface area contributed by atoms with Crippen LogP contribution in [-0.4, -0.2) is 52.8 Å². The van der Waals surface area contributed by atoms with Crippen LogP contribution >= 0.6 is 0 Å². The van der Waals surface area contributed by atoms with Crippen LogP contribution < -0.4 is 10.2 Å². The van der Waals surface area contributed by atoms with Crippen molar-refractivity contribution in [2.24, 2.45) is 0 Å². The molecular formula is C17H19N3O5. The lowest BCUT2D eigenvalue weighted by molar-refractivity contribution is -0.148. The Morgan fingerprint density at radius 1 is 1.16 bits per heavy atom. The molecule has 3 rings (SSSR count). The number of likely N-dealkylation sites (tertiary alicyclic amines) is 1. The quantitative estimate of drug-likeness (QED) is 0.840. The summed E-state index contributed by atoms with van der Waals surface area (Å²) in [6.07, 6.45) is 0.956. The molecule has 2 aliphatic rings. The number of nitrogens with one attached hydrogen (secondary N) is 1. The normalized spacial score (nSPS) is 19.4. The molecule has 0 aliphatic carbocycles. The van der Waals surface area contributed by atoms with Crippen molar-refractivity contribution in [3.05, 3.63) is 24.3 Å². The van der Waals surface area contributed by atoms with Gasteiger partial charge in [-0.1, -0.05) is 12.1 Å². The summed E-state index contributed by atoms with van der Waals surface area (Å²) in [4.78, 5) is 50.4. The molecule has 1 aromatic rings. The number of carboxylic acids is 1. The van der Waals surface area contributed by atoms with E-state index in [0.717, 1.165) is 0 Å². The van der Waals surface area contributed by atoms with Gasteiger partial charge < -0.3 is 20.2 Å². The molecular weight excluding hydrogens is 326 g/mol. The van der Waals surface area contributed by atoms with Crippen molar-refractivity contribution in [3.8, 4) is 0 Å². The summed E-state index contributed by atoms with van der Waals surface area (Å²) < 4.78 is 0. The first-order valence-electron chi connectivity index (χ1n) is 8.19. The monoisotopic (exact) mass is 345 g/mol. The Balaban J connectivity index is 1.64. The molecule has 0 bridgehead atoms. The molecule has 0 unspecified atom stereocenters. The van der Waals surface area contributed by atoms with Crippen LogP contribution in [0.2, 0.25) is 0 Å². The lowest BCUT2D eigenvalue weighted by Crippen LogP contribution is -2.43. The standard InChI is InChI=1S/C17H19N3O5/c21-14-10-20(12-5-2-1-4-11(12)18-14)16(23)8-7-15(22)19-9-3-6-13(19)17(24)25/h1-2,4-5,13H,3,6-10H2,(H,18,21)(H,24,25)/t13-/m0/s1. The number of amides is 3. The minimum Gasteiger partial charge on any atom is -0.480 e. The van der Waals surface area contributed by atoms with E-state index in [1.54, 1.807) is 24.3 Å². The van der Waals surface area contributed by atoms with Crippen molar-refractivity contribution in [2.45, 2.75) is 31.7 Å². The summed E-state index contributed by atoms with van der Waals surface area (Å²) in [5.74, 6) is -1.97. The number of anilines is 2. The number of aliphatic carboxylic acids is 1. The van der Waals surface area contributed by atoms with Crippen LogP contribution in [0.4, 0.5) is 11.4 Å². The van der Waals surface area contributed by atoms with Gasteiger partial charge in [-0.3, -0.25) is 14.4 Å². The summed E-state index contributed by atoms with van der Waals surface area (Å²) in [7, 11) is 0. The first-order valence-corrected chi connectivity index (χ1v) is 8.19. The molecule has 8 heteroatoms. The maximum absolute atomic E-state index is 12.5. The molecule has 1 atom stereocenters. The van der Waals surface area contributed by atoms with Crippen LogP contribution in [0, 0.1) is 0 Å². The van der Waals surface area contributed by atoms with Crippen LogP contribution in [0.3, 0.4) is 0 Å². The number of fused-ring (bicyclic) bond motifs is 1. The molecule has 2 aliphatic heterocycles. The van der Waals surface area contributed by atoms with Crippen LogP contribution in [-0.2, 0) is 19.2 Å². The molecule has 1 fully saturated rings. The lowest BCUT2D eigenvalue weighted by Gasteiger charge is -2.29. The highest BCUT2D eigenvalue weighted by Gasteiger charge is 2.34. The highest BCUT2D eigenvalue weighted by Crippen LogP contribution is 2.29. The molecule has 0 aromatic heterocycles. The summed E-state index contributed by atoms with van der Waals surface area (Å²) in [6, 6.07) is 6.16. The Hall–Kier alpha value is -2.90. The Bertz CT molecular complexity index is 733. The van der Waals surface area contributed by atoms with Gasteiger partial charge in [0.1, 0.15) is 12.6 Å². The molecule has 1 saturated heterocycles. The minimum absolute atomic E-state index is 0.0662. The number of hydrogen-bond donors (Lipinski definition) is 2. The van der Waals surface area contributed by atoms with Gasteiger partial charge in [-0.05, 0) is 25.0 Å². The molecule has 0 spiro atoms. The van der Waals surface area contributed by atoms with Crippen molar-refractivity contribution in [1.29, 1.82) is 0 Å². The van der Waals surface area contributed by atoms with E-state index in [2.05, 4.69) is 5.32 Å². The van der Waals surface area contributed by atoms with Gasteiger partial charge in [-0.25, -0.2) is 4.79 Å². The second kappa shape index (κ2) is 6.92. The van der Waals surface area contributed by atoms with Crippen LogP contribution in [0.1, 0.15) is 25.7 Å². The van der Waals surface area contributed by atoms with Crippen LogP contribution in [0.15, 0.2) is 24.3 Å². The van der Waals surface area contributed by atoms with Crippen molar-refractivity contribution < 1.29 is 24.3 Å². The zero-order chi connectivity index (χ0) is 18.0. The van der Waals surface area contributed by atoms with Crippen molar-refractivity contribution in [3.63, 3.8) is 0 Å². The van der Waals surface area contributed by atoms with Crippen molar-refractivity contribution in [2.75, 3.05) is 23.3 Å². The minimum atomic E-state index is -1.01. The lowest BCUT2D eigenvalue weighted by atomic mass is 10.1. The summed E-state index contributed by atoms with van der Waals surface area (Å²) in [5.41, 5.74) is 1.16. The molecule has 2 N–H and O–H groups in total. The molecule has 3 amide bonds. The molecule has 8 nitrogen and oxygen atoms in total. The first-order chi connectivity index (χ1) is 12.0. The van der Waals surface area contributed by atoms with Crippen molar-refractivity contribution >= 4 is 35.1 Å². The van der Waals surface area contributed by atoms with E-state index in [0.29, 0.717) is 30.8 Å². The van der Waals surface area contributed by atoms with Crippen LogP contribution in [0.25, 0.3) is 0 Å². The fourth-order valence-electron chi connectivity index (χ4n) is 3.27. The van der Waals surface area contributed by atoms with E-state index in [9.17, 15) is 19.2 Å². The van der Waals surface area contributed by atoms with Gasteiger partial charge in [-0.2, -0.15) is 0 Å². The molecule has 2 heterocycles. The summed E-state index contributed by atoms with van der Waals surface area (Å²) in [6.45, 7) is 0.310. The molecule has 25 heavy (non-hydrogen) atoms. The van der Waals surface area contributed by atoms with Gasteiger partial charge in [0.05, 0.1) is 11.4 Å². The van der Waals surface area contributed by atoms with E-state index in [1.165, 1.54) is 9.80 Å². The SMILES string of the molecule is O=C1CN(C(=O)CCC(=O)N2CCC[C@H]2C(=O)O)c2ccccc2N1. The molecule has 132 valence electrons. The third-order valence-electron chi connectivity index (χ3n) is 4.48. The highest BCUT2D eigenvalue weighted by atomic mass is 16.4. The zero-order valence-corrected chi connectivity index (χ0v) is 13.6. The maximum Gasteiger partial charge on any atom is 0.326 e. The van der Waals surface area contributed by atoms with E-state index in [4.69, 9.17) is 5.11 Å². The Kier molecular flexibility index (Phi) is 4.69. The van der Waals surface area contributed by atoms with Gasteiger partial charge in [0.2, 0.25) is 17.7 Å². The zero-order valence-electron chi connectivity index (χ0n) is 13.6. The Morgan fingerprint density at radius 3 is 2.64 bits per heavy atom. The molecule has 0 radical (unpaired) electrons. The average Bonchev–Trinajstić information content (AvgIpc) is 3.08. The Labute approximate surface area is 144 Å².